The molecule has 1 fully saturated rings. The second kappa shape index (κ2) is 4.79. The fraction of sp³-hybridized carbons (Fsp3) is 0.545. The fourth-order valence-electron chi connectivity index (χ4n) is 2.24. The highest BCUT2D eigenvalue weighted by atomic mass is 15.4. The monoisotopic (exact) mass is 260 g/mol. The second-order valence-corrected chi connectivity index (χ2v) is 4.53. The lowest BCUT2D eigenvalue weighted by Crippen LogP contribution is -2.29. The molecule has 1 saturated heterocycles. The Morgan fingerprint density at radius 2 is 2.11 bits per heavy atom. The number of nitrogens with zero attached hydrogens (tertiary/aromatic N) is 7. The molecule has 1 unspecified atom stereocenters. The van der Waals surface area contributed by atoms with E-state index in [-0.39, 0.29) is 0 Å². The third-order valence-electron chi connectivity index (χ3n) is 3.27. The maximum absolute atomic E-state index is 4.48. The van der Waals surface area contributed by atoms with Gasteiger partial charge in [0.25, 0.3) is 5.95 Å². The predicted octanol–water partition coefficient (Wildman–Crippen LogP) is 0.483. The molecule has 0 aromatic carbocycles. The lowest BCUT2D eigenvalue weighted by molar-refractivity contribution is 0.705. The summed E-state index contributed by atoms with van der Waals surface area (Å²) in [5.41, 5.74) is 0. The Labute approximate surface area is 110 Å². The molecule has 2 aromatic heterocycles. The quantitative estimate of drug-likeness (QED) is 0.859. The van der Waals surface area contributed by atoms with E-state index in [9.17, 15) is 0 Å². The summed E-state index contributed by atoms with van der Waals surface area (Å²) in [4.78, 5) is 19.3. The van der Waals surface area contributed by atoms with Gasteiger partial charge in [-0.25, -0.2) is 4.98 Å². The van der Waals surface area contributed by atoms with Gasteiger partial charge in [0.05, 0.1) is 0 Å². The fourth-order valence-corrected chi connectivity index (χ4v) is 2.24. The topological polar surface area (TPSA) is 84.7 Å². The van der Waals surface area contributed by atoms with Crippen LogP contribution in [0.3, 0.4) is 0 Å². The minimum absolute atomic E-state index is 0.454. The van der Waals surface area contributed by atoms with Crippen LogP contribution in [0.1, 0.15) is 19.8 Å². The molecule has 1 atom stereocenters. The lowest BCUT2D eigenvalue weighted by atomic mass is 10.2. The molecule has 3 heterocycles. The minimum atomic E-state index is 0.454. The maximum atomic E-state index is 4.48. The summed E-state index contributed by atoms with van der Waals surface area (Å²) in [6.07, 6.45) is 5.37. The van der Waals surface area contributed by atoms with Crippen molar-refractivity contribution in [1.29, 1.82) is 0 Å². The molecule has 1 aliphatic heterocycles. The van der Waals surface area contributed by atoms with Crippen molar-refractivity contribution in [3.05, 3.63) is 12.7 Å². The standard InChI is InChI=1S/C11H16N8/c1-8-4-3-5-18(8)10-15-9(12-2)16-11(17-10)19-7-13-6-14-19/h6-8H,3-5H2,1-2H3,(H,12,15,16,17). The lowest BCUT2D eigenvalue weighted by Gasteiger charge is -2.21. The van der Waals surface area contributed by atoms with Crippen LogP contribution in [-0.4, -0.2) is 49.4 Å². The van der Waals surface area contributed by atoms with Crippen LogP contribution >= 0.6 is 0 Å². The van der Waals surface area contributed by atoms with Crippen LogP contribution in [0, 0.1) is 0 Å². The molecule has 0 amide bonds. The van der Waals surface area contributed by atoms with Crippen LogP contribution in [0.15, 0.2) is 12.7 Å². The van der Waals surface area contributed by atoms with Gasteiger partial charge < -0.3 is 10.2 Å². The Kier molecular flexibility index (Phi) is 2.98. The molecule has 3 rings (SSSR count). The summed E-state index contributed by atoms with van der Waals surface area (Å²) in [5.74, 6) is 1.70. The molecule has 8 nitrogen and oxygen atoms in total. The Morgan fingerprint density at radius 1 is 1.26 bits per heavy atom. The smallest absolute Gasteiger partial charge is 0.258 e. The molecule has 0 saturated carbocycles. The van der Waals surface area contributed by atoms with Crippen LogP contribution in [0.5, 0.6) is 0 Å². The van der Waals surface area contributed by atoms with Crippen molar-refractivity contribution in [2.75, 3.05) is 23.8 Å². The van der Waals surface area contributed by atoms with Crippen molar-refractivity contribution in [3.63, 3.8) is 0 Å². The highest BCUT2D eigenvalue weighted by Gasteiger charge is 2.24. The molecule has 100 valence electrons. The summed E-state index contributed by atoms with van der Waals surface area (Å²) in [5, 5.41) is 7.01. The SMILES string of the molecule is CNc1nc(N2CCCC2C)nc(-n2cncn2)n1. The first kappa shape index (κ1) is 11.8. The van der Waals surface area contributed by atoms with E-state index in [4.69, 9.17) is 0 Å². The van der Waals surface area contributed by atoms with Gasteiger partial charge in [0.15, 0.2) is 0 Å². The van der Waals surface area contributed by atoms with Crippen LogP contribution in [0.2, 0.25) is 0 Å². The predicted molar refractivity (Wildman–Crippen MR) is 70.3 cm³/mol. The van der Waals surface area contributed by atoms with E-state index in [1.165, 1.54) is 23.9 Å². The molecule has 1 N–H and O–H groups in total. The Hall–Kier alpha value is -2.25. The van der Waals surface area contributed by atoms with E-state index in [2.05, 4.69) is 42.2 Å². The number of hydrogen-bond acceptors (Lipinski definition) is 7. The van der Waals surface area contributed by atoms with E-state index in [0.717, 1.165) is 6.54 Å². The van der Waals surface area contributed by atoms with Gasteiger partial charge in [0.1, 0.15) is 12.7 Å². The zero-order chi connectivity index (χ0) is 13.2. The first-order chi connectivity index (χ1) is 9.28. The average molecular weight is 260 g/mol. The zero-order valence-electron chi connectivity index (χ0n) is 11.0. The zero-order valence-corrected chi connectivity index (χ0v) is 11.0. The number of anilines is 2. The normalized spacial score (nSPS) is 18.8. The van der Waals surface area contributed by atoms with Crippen molar-refractivity contribution >= 4 is 11.9 Å². The summed E-state index contributed by atoms with van der Waals surface area (Å²) in [6, 6.07) is 0.454. The second-order valence-electron chi connectivity index (χ2n) is 4.53. The van der Waals surface area contributed by atoms with Crippen molar-refractivity contribution < 1.29 is 0 Å². The van der Waals surface area contributed by atoms with Gasteiger partial charge in [-0.1, -0.05) is 0 Å². The van der Waals surface area contributed by atoms with E-state index < -0.39 is 0 Å². The van der Waals surface area contributed by atoms with Gasteiger partial charge in [0, 0.05) is 19.6 Å². The summed E-state index contributed by atoms with van der Waals surface area (Å²) < 4.78 is 1.53. The Bertz CT molecular complexity index is 552. The van der Waals surface area contributed by atoms with Crippen molar-refractivity contribution in [3.8, 4) is 5.95 Å². The van der Waals surface area contributed by atoms with Gasteiger partial charge in [-0.2, -0.15) is 24.7 Å². The summed E-state index contributed by atoms with van der Waals surface area (Å²) in [7, 11) is 1.79. The van der Waals surface area contributed by atoms with Crippen molar-refractivity contribution in [1.82, 2.24) is 29.7 Å². The first-order valence-corrected chi connectivity index (χ1v) is 6.33. The van der Waals surface area contributed by atoms with Gasteiger partial charge in [-0.3, -0.25) is 0 Å². The van der Waals surface area contributed by atoms with E-state index in [1.807, 2.05) is 0 Å². The molecule has 1 aliphatic rings. The van der Waals surface area contributed by atoms with Gasteiger partial charge in [-0.15, -0.1) is 0 Å². The number of aromatic nitrogens is 6. The number of hydrogen-bond donors (Lipinski definition) is 1. The largest absolute Gasteiger partial charge is 0.357 e. The number of rotatable bonds is 3. The third kappa shape index (κ3) is 2.20. The van der Waals surface area contributed by atoms with Crippen LogP contribution in [-0.2, 0) is 0 Å². The molecule has 0 spiro atoms. The number of nitrogens with one attached hydrogen (secondary N) is 1. The third-order valence-corrected chi connectivity index (χ3v) is 3.27. The highest BCUT2D eigenvalue weighted by Crippen LogP contribution is 2.23. The Morgan fingerprint density at radius 3 is 2.74 bits per heavy atom. The average Bonchev–Trinajstić information content (AvgIpc) is 3.09. The van der Waals surface area contributed by atoms with E-state index in [1.54, 1.807) is 13.4 Å². The molecule has 19 heavy (non-hydrogen) atoms. The van der Waals surface area contributed by atoms with Crippen molar-refractivity contribution in [2.24, 2.45) is 0 Å². The van der Waals surface area contributed by atoms with Gasteiger partial charge in [0.2, 0.25) is 11.9 Å². The van der Waals surface area contributed by atoms with Crippen LogP contribution < -0.4 is 10.2 Å². The maximum Gasteiger partial charge on any atom is 0.258 e. The molecule has 0 aliphatic carbocycles. The molecule has 8 heteroatoms. The summed E-state index contributed by atoms with van der Waals surface area (Å²) in [6.45, 7) is 3.16. The van der Waals surface area contributed by atoms with Crippen LogP contribution in [0.4, 0.5) is 11.9 Å². The molecule has 2 aromatic rings. The van der Waals surface area contributed by atoms with Gasteiger partial charge in [-0.05, 0) is 19.8 Å². The first-order valence-electron chi connectivity index (χ1n) is 6.33. The minimum Gasteiger partial charge on any atom is -0.357 e. The van der Waals surface area contributed by atoms with Gasteiger partial charge >= 0.3 is 0 Å². The van der Waals surface area contributed by atoms with Crippen molar-refractivity contribution in [2.45, 2.75) is 25.8 Å². The highest BCUT2D eigenvalue weighted by molar-refractivity contribution is 5.41. The van der Waals surface area contributed by atoms with E-state index in [0.29, 0.717) is 23.9 Å². The van der Waals surface area contributed by atoms with Crippen LogP contribution in [0.25, 0.3) is 5.95 Å². The molecule has 0 radical (unpaired) electrons. The molecular formula is C11H16N8. The summed E-state index contributed by atoms with van der Waals surface area (Å²) >= 11 is 0. The molecular weight excluding hydrogens is 244 g/mol. The Balaban J connectivity index is 2.02. The molecule has 0 bridgehead atoms. The van der Waals surface area contributed by atoms with E-state index >= 15 is 0 Å².